The van der Waals surface area contributed by atoms with Gasteiger partial charge in [0, 0.05) is 6.07 Å². The Kier molecular flexibility index (Phi) is 5.27. The number of rotatable bonds is 6. The van der Waals surface area contributed by atoms with E-state index in [9.17, 15) is 4.79 Å². The molecule has 0 bridgehead atoms. The first-order chi connectivity index (χ1) is 10.2. The Morgan fingerprint density at radius 3 is 2.81 bits per heavy atom. The van der Waals surface area contributed by atoms with E-state index in [0.29, 0.717) is 11.3 Å². The Morgan fingerprint density at radius 2 is 2.14 bits per heavy atom. The van der Waals surface area contributed by atoms with Crippen LogP contribution in [0.25, 0.3) is 5.69 Å². The molecule has 6 heteroatoms. The van der Waals surface area contributed by atoms with E-state index in [0.717, 1.165) is 22.9 Å². The largest absolute Gasteiger partial charge is 0.496 e. The van der Waals surface area contributed by atoms with Crippen molar-refractivity contribution in [3.8, 4) is 11.4 Å². The number of thioether (sulfide) groups is 1. The summed E-state index contributed by atoms with van der Waals surface area (Å²) in [7, 11) is 2.88. The van der Waals surface area contributed by atoms with E-state index in [4.69, 9.17) is 9.47 Å². The van der Waals surface area contributed by atoms with Crippen molar-refractivity contribution < 1.29 is 14.3 Å². The number of hydrogen-bond acceptors (Lipinski definition) is 5. The van der Waals surface area contributed by atoms with Crippen LogP contribution in [0.4, 0.5) is 0 Å². The van der Waals surface area contributed by atoms with Crippen LogP contribution in [0.2, 0.25) is 0 Å². The molecule has 0 radical (unpaired) electrons. The summed E-state index contributed by atoms with van der Waals surface area (Å²) in [6, 6.07) is 7.28. The van der Waals surface area contributed by atoms with E-state index in [1.54, 1.807) is 30.1 Å². The predicted octanol–water partition coefficient (Wildman–Crippen LogP) is 3.17. The normalized spacial score (nSPS) is 10.4. The van der Waals surface area contributed by atoms with Gasteiger partial charge in [-0.1, -0.05) is 6.92 Å². The number of nitrogens with zero attached hydrogens (tertiary/aromatic N) is 2. The molecule has 1 heterocycles. The highest BCUT2D eigenvalue weighted by Gasteiger charge is 2.15. The van der Waals surface area contributed by atoms with E-state index >= 15 is 0 Å². The molecule has 1 aromatic carbocycles. The third-order valence-electron chi connectivity index (χ3n) is 2.90. The van der Waals surface area contributed by atoms with Crippen molar-refractivity contribution in [2.45, 2.75) is 18.4 Å². The second-order valence-electron chi connectivity index (χ2n) is 4.31. The molecule has 0 saturated heterocycles. The van der Waals surface area contributed by atoms with Crippen molar-refractivity contribution in [3.63, 3.8) is 0 Å². The van der Waals surface area contributed by atoms with E-state index < -0.39 is 5.97 Å². The van der Waals surface area contributed by atoms with Crippen LogP contribution in [0.5, 0.6) is 5.75 Å². The molecule has 0 aliphatic rings. The summed E-state index contributed by atoms with van der Waals surface area (Å²) in [6.45, 7) is 2.14. The first kappa shape index (κ1) is 15.4. The second kappa shape index (κ2) is 7.17. The van der Waals surface area contributed by atoms with Gasteiger partial charge in [-0.3, -0.25) is 0 Å². The predicted molar refractivity (Wildman–Crippen MR) is 82.5 cm³/mol. The second-order valence-corrected chi connectivity index (χ2v) is 5.42. The number of ether oxygens (including phenoxy) is 2. The number of hydrogen-bond donors (Lipinski definition) is 0. The summed E-state index contributed by atoms with van der Waals surface area (Å²) < 4.78 is 11.9. The average Bonchev–Trinajstić information content (AvgIpc) is 2.99. The zero-order valence-corrected chi connectivity index (χ0v) is 13.1. The van der Waals surface area contributed by atoms with Crippen LogP contribution in [0.3, 0.4) is 0 Å². The van der Waals surface area contributed by atoms with E-state index in [2.05, 4.69) is 12.0 Å². The van der Waals surface area contributed by atoms with Crippen LogP contribution in [0, 0.1) is 0 Å². The fourth-order valence-corrected chi connectivity index (χ4v) is 2.74. The molecule has 21 heavy (non-hydrogen) atoms. The van der Waals surface area contributed by atoms with Gasteiger partial charge in [0.05, 0.1) is 31.1 Å². The minimum atomic E-state index is -0.417. The molecule has 0 N–H and O–H groups in total. The van der Waals surface area contributed by atoms with Crippen LogP contribution < -0.4 is 4.74 Å². The minimum Gasteiger partial charge on any atom is -0.496 e. The molecule has 2 aromatic rings. The Labute approximate surface area is 128 Å². The van der Waals surface area contributed by atoms with Crippen molar-refractivity contribution in [2.75, 3.05) is 20.0 Å². The summed E-state index contributed by atoms with van der Waals surface area (Å²) in [6.07, 6.45) is 2.86. The standard InChI is InChI=1S/C15H18N2O3S/c1-4-9-21-14-7-8-16-17(14)11-5-6-12(15(18)20-3)13(10-11)19-2/h5-8,10H,4,9H2,1-3H3. The fraction of sp³-hybridized carbons (Fsp3) is 0.333. The topological polar surface area (TPSA) is 53.4 Å². The third kappa shape index (κ3) is 3.39. The van der Waals surface area contributed by atoms with Gasteiger partial charge in [0.1, 0.15) is 11.3 Å². The van der Waals surface area contributed by atoms with E-state index in [1.165, 1.54) is 14.2 Å². The van der Waals surface area contributed by atoms with Crippen LogP contribution in [-0.4, -0.2) is 35.7 Å². The third-order valence-corrected chi connectivity index (χ3v) is 4.11. The van der Waals surface area contributed by atoms with Crippen molar-refractivity contribution in [3.05, 3.63) is 36.0 Å². The van der Waals surface area contributed by atoms with Gasteiger partial charge in [0.2, 0.25) is 0 Å². The van der Waals surface area contributed by atoms with Crippen LogP contribution >= 0.6 is 11.8 Å². The quantitative estimate of drug-likeness (QED) is 0.606. The summed E-state index contributed by atoms with van der Waals surface area (Å²) in [5, 5.41) is 5.39. The van der Waals surface area contributed by atoms with Gasteiger partial charge in [-0.05, 0) is 30.4 Å². The summed E-state index contributed by atoms with van der Waals surface area (Å²) >= 11 is 1.75. The summed E-state index contributed by atoms with van der Waals surface area (Å²) in [4.78, 5) is 11.7. The van der Waals surface area contributed by atoms with Gasteiger partial charge in [0.15, 0.2) is 0 Å². The van der Waals surface area contributed by atoms with E-state index in [-0.39, 0.29) is 0 Å². The van der Waals surface area contributed by atoms with Crippen LogP contribution in [0.15, 0.2) is 35.5 Å². The number of aromatic nitrogens is 2. The fourth-order valence-electron chi connectivity index (χ4n) is 1.89. The van der Waals surface area contributed by atoms with Crippen LogP contribution in [-0.2, 0) is 4.74 Å². The first-order valence-electron chi connectivity index (χ1n) is 6.64. The van der Waals surface area contributed by atoms with Gasteiger partial charge in [0.25, 0.3) is 0 Å². The lowest BCUT2D eigenvalue weighted by Gasteiger charge is -2.11. The molecule has 0 amide bonds. The lowest BCUT2D eigenvalue weighted by Crippen LogP contribution is -2.06. The summed E-state index contributed by atoms with van der Waals surface area (Å²) in [5.74, 6) is 1.09. The van der Waals surface area contributed by atoms with Crippen molar-refractivity contribution in [2.24, 2.45) is 0 Å². The Morgan fingerprint density at radius 1 is 1.33 bits per heavy atom. The number of carbonyl (C=O) groups excluding carboxylic acids is 1. The molecule has 112 valence electrons. The lowest BCUT2D eigenvalue weighted by atomic mass is 10.2. The average molecular weight is 306 g/mol. The number of carbonyl (C=O) groups is 1. The molecule has 0 saturated carbocycles. The molecular weight excluding hydrogens is 288 g/mol. The molecule has 0 atom stereocenters. The highest BCUT2D eigenvalue weighted by molar-refractivity contribution is 7.99. The van der Waals surface area contributed by atoms with Gasteiger partial charge >= 0.3 is 5.97 Å². The molecule has 1 aromatic heterocycles. The van der Waals surface area contributed by atoms with Crippen molar-refractivity contribution in [1.82, 2.24) is 9.78 Å². The number of methoxy groups -OCH3 is 2. The van der Waals surface area contributed by atoms with E-state index in [1.807, 2.05) is 16.8 Å². The lowest BCUT2D eigenvalue weighted by molar-refractivity contribution is 0.0597. The van der Waals surface area contributed by atoms with Crippen molar-refractivity contribution in [1.29, 1.82) is 0 Å². The molecule has 0 unspecified atom stereocenters. The number of esters is 1. The minimum absolute atomic E-state index is 0.402. The number of benzene rings is 1. The van der Waals surface area contributed by atoms with Crippen LogP contribution in [0.1, 0.15) is 23.7 Å². The maximum absolute atomic E-state index is 11.7. The summed E-state index contributed by atoms with van der Waals surface area (Å²) in [5.41, 5.74) is 1.25. The maximum Gasteiger partial charge on any atom is 0.341 e. The Bertz CT molecular complexity index is 625. The van der Waals surface area contributed by atoms with Gasteiger partial charge in [-0.25, -0.2) is 9.48 Å². The molecule has 5 nitrogen and oxygen atoms in total. The van der Waals surface area contributed by atoms with Gasteiger partial charge in [-0.15, -0.1) is 11.8 Å². The molecule has 0 fully saturated rings. The highest BCUT2D eigenvalue weighted by Crippen LogP contribution is 2.26. The van der Waals surface area contributed by atoms with Crippen molar-refractivity contribution >= 4 is 17.7 Å². The molecule has 0 aliphatic carbocycles. The highest BCUT2D eigenvalue weighted by atomic mass is 32.2. The zero-order chi connectivity index (χ0) is 15.2. The Balaban J connectivity index is 2.37. The monoisotopic (exact) mass is 306 g/mol. The van der Waals surface area contributed by atoms with Gasteiger partial charge in [-0.2, -0.15) is 5.10 Å². The van der Waals surface area contributed by atoms with Gasteiger partial charge < -0.3 is 9.47 Å². The molecular formula is C15H18N2O3S. The zero-order valence-electron chi connectivity index (χ0n) is 12.3. The molecule has 0 spiro atoms. The maximum atomic E-state index is 11.7. The SMILES string of the molecule is CCCSc1ccnn1-c1ccc(C(=O)OC)c(OC)c1. The molecule has 2 rings (SSSR count). The Hall–Kier alpha value is -1.95. The molecule has 0 aliphatic heterocycles. The smallest absolute Gasteiger partial charge is 0.341 e. The first-order valence-corrected chi connectivity index (χ1v) is 7.63.